The van der Waals surface area contributed by atoms with Crippen molar-refractivity contribution in [3.8, 4) is 6.07 Å². The van der Waals surface area contributed by atoms with E-state index < -0.39 is 36.6 Å². The summed E-state index contributed by atoms with van der Waals surface area (Å²) in [5.41, 5.74) is 4.30. The van der Waals surface area contributed by atoms with Crippen LogP contribution in [0, 0.1) is 11.3 Å². The van der Waals surface area contributed by atoms with Crippen LogP contribution in [-0.4, -0.2) is 97.2 Å². The molecule has 4 atom stereocenters. The van der Waals surface area contributed by atoms with Crippen LogP contribution in [0.4, 0.5) is 10.6 Å². The number of fused-ring (bicyclic) bond motifs is 1. The molecule has 162 valence electrons. The van der Waals surface area contributed by atoms with Gasteiger partial charge in [0.2, 0.25) is 5.60 Å². The molecule has 3 rings (SSSR count). The number of aromatic nitrogens is 3. The largest absolute Gasteiger partial charge is 0.447 e. The van der Waals surface area contributed by atoms with Gasteiger partial charge in [-0.1, -0.05) is 0 Å². The molecule has 1 aliphatic rings. The van der Waals surface area contributed by atoms with Crippen LogP contribution in [0.5, 0.6) is 0 Å². The average molecular weight is 422 g/mol. The van der Waals surface area contributed by atoms with E-state index in [0.717, 1.165) is 4.90 Å². The minimum atomic E-state index is -2.00. The lowest BCUT2D eigenvalue weighted by Gasteiger charge is -2.24. The van der Waals surface area contributed by atoms with Gasteiger partial charge in [-0.15, -0.1) is 0 Å². The van der Waals surface area contributed by atoms with Gasteiger partial charge in [0.25, 0.3) is 0 Å². The molecule has 13 nitrogen and oxygen atoms in total. The lowest BCUT2D eigenvalue weighted by Crippen LogP contribution is -2.41. The van der Waals surface area contributed by atoms with Crippen LogP contribution in [0.25, 0.3) is 5.52 Å². The molecule has 0 unspecified atom stereocenters. The molecule has 2 aromatic heterocycles. The standard InChI is InChI=1S/C17H22N6O7/c18-8-17(12-2-1-10-15(19)20-9-21-23(10)12)14(27)13(26)11(30-17)7-29-16(28)22(3-5-24)4-6-25/h1-2,9,11,13-14,24-27H,3-7H2,(H2,19,20,21)/t11-,13-,14-,17+/m1/s1. The smallest absolute Gasteiger partial charge is 0.410 e. The first-order valence-electron chi connectivity index (χ1n) is 9.07. The first-order chi connectivity index (χ1) is 14.4. The number of carbonyl (C=O) groups is 1. The predicted molar refractivity (Wildman–Crippen MR) is 98.7 cm³/mol. The van der Waals surface area contributed by atoms with Crippen LogP contribution in [0.3, 0.4) is 0 Å². The summed E-state index contributed by atoms with van der Waals surface area (Å²) < 4.78 is 12.0. The van der Waals surface area contributed by atoms with Gasteiger partial charge >= 0.3 is 6.09 Å². The first-order valence-corrected chi connectivity index (χ1v) is 9.07. The highest BCUT2D eigenvalue weighted by molar-refractivity contribution is 5.67. The molecule has 0 radical (unpaired) electrons. The lowest BCUT2D eigenvalue weighted by atomic mass is 9.92. The Labute approximate surface area is 170 Å². The van der Waals surface area contributed by atoms with E-state index >= 15 is 0 Å². The summed E-state index contributed by atoms with van der Waals surface area (Å²) in [6, 6.07) is 4.89. The van der Waals surface area contributed by atoms with E-state index in [9.17, 15) is 20.3 Å². The van der Waals surface area contributed by atoms with Gasteiger partial charge in [-0.2, -0.15) is 10.4 Å². The first kappa shape index (κ1) is 21.7. The minimum Gasteiger partial charge on any atom is -0.447 e. The van der Waals surface area contributed by atoms with Gasteiger partial charge in [0.05, 0.1) is 18.9 Å². The Hall–Kier alpha value is -3.02. The number of nitrogens with two attached hydrogens (primary N) is 1. The molecule has 30 heavy (non-hydrogen) atoms. The monoisotopic (exact) mass is 422 g/mol. The third-order valence-corrected chi connectivity index (χ3v) is 4.86. The van der Waals surface area contributed by atoms with Crippen LogP contribution in [0.15, 0.2) is 18.5 Å². The van der Waals surface area contributed by atoms with Crippen LogP contribution < -0.4 is 5.73 Å². The van der Waals surface area contributed by atoms with E-state index in [1.807, 2.05) is 6.07 Å². The molecule has 1 aliphatic heterocycles. The highest BCUT2D eigenvalue weighted by Gasteiger charge is 2.57. The Kier molecular flexibility index (Phi) is 6.34. The maximum atomic E-state index is 12.1. The molecule has 1 saturated heterocycles. The van der Waals surface area contributed by atoms with E-state index in [1.165, 1.54) is 16.9 Å². The lowest BCUT2D eigenvalue weighted by molar-refractivity contribution is -0.0685. The number of nitrogen functional groups attached to an aromatic ring is 1. The minimum absolute atomic E-state index is 0.0600. The Bertz CT molecular complexity index is 940. The number of ether oxygens (including phenoxy) is 2. The molecule has 0 aromatic carbocycles. The molecule has 6 N–H and O–H groups in total. The normalized spacial score (nSPS) is 25.9. The van der Waals surface area contributed by atoms with Crippen LogP contribution in [-0.2, 0) is 15.1 Å². The van der Waals surface area contributed by atoms with E-state index in [1.54, 1.807) is 6.07 Å². The number of carbonyl (C=O) groups excluding carboxylic acids is 1. The molecular formula is C17H22N6O7. The maximum absolute atomic E-state index is 12.1. The quantitative estimate of drug-likeness (QED) is 0.318. The van der Waals surface area contributed by atoms with E-state index in [4.69, 9.17) is 25.4 Å². The molecule has 2 aromatic rings. The zero-order valence-electron chi connectivity index (χ0n) is 15.8. The van der Waals surface area contributed by atoms with Crippen LogP contribution in [0.2, 0.25) is 0 Å². The predicted octanol–water partition coefficient (Wildman–Crippen LogP) is -2.43. The summed E-state index contributed by atoms with van der Waals surface area (Å²) in [6.07, 6.45) is -4.13. The van der Waals surface area contributed by atoms with Gasteiger partial charge in [-0.25, -0.2) is 14.3 Å². The van der Waals surface area contributed by atoms with Gasteiger partial charge < -0.3 is 40.5 Å². The fourth-order valence-electron chi connectivity index (χ4n) is 3.33. The van der Waals surface area contributed by atoms with Crippen molar-refractivity contribution in [2.24, 2.45) is 0 Å². The number of hydrogen-bond acceptors (Lipinski definition) is 11. The number of rotatable bonds is 7. The molecule has 1 fully saturated rings. The second-order valence-corrected chi connectivity index (χ2v) is 6.61. The summed E-state index contributed by atoms with van der Waals surface area (Å²) in [7, 11) is 0. The topological polar surface area (TPSA) is 200 Å². The Balaban J connectivity index is 1.82. The van der Waals surface area contributed by atoms with Crippen molar-refractivity contribution in [3.63, 3.8) is 0 Å². The SMILES string of the molecule is N#C[C@@]1(c2ccc3c(N)ncnn23)O[C@H](COC(=O)N(CCO)CCO)[C@@H](O)[C@H]1O. The highest BCUT2D eigenvalue weighted by atomic mass is 16.6. The molecule has 0 aliphatic carbocycles. The molecule has 3 heterocycles. The van der Waals surface area contributed by atoms with Crippen molar-refractivity contribution >= 4 is 17.4 Å². The maximum Gasteiger partial charge on any atom is 0.410 e. The Morgan fingerprint density at radius 3 is 2.70 bits per heavy atom. The third-order valence-electron chi connectivity index (χ3n) is 4.86. The number of nitriles is 1. The second kappa shape index (κ2) is 8.78. The number of aliphatic hydroxyl groups excluding tert-OH is 4. The van der Waals surface area contributed by atoms with E-state index in [0.29, 0.717) is 5.52 Å². The molecule has 1 amide bonds. The Morgan fingerprint density at radius 1 is 1.37 bits per heavy atom. The fraction of sp³-hybridized carbons (Fsp3) is 0.529. The van der Waals surface area contributed by atoms with E-state index in [-0.39, 0.29) is 37.8 Å². The van der Waals surface area contributed by atoms with Crippen molar-refractivity contribution < 1.29 is 34.7 Å². The summed E-state index contributed by atoms with van der Waals surface area (Å²) in [6.45, 7) is -1.26. The van der Waals surface area contributed by atoms with Gasteiger partial charge in [-0.05, 0) is 12.1 Å². The zero-order valence-corrected chi connectivity index (χ0v) is 15.8. The fourth-order valence-corrected chi connectivity index (χ4v) is 3.33. The Morgan fingerprint density at radius 2 is 2.07 bits per heavy atom. The van der Waals surface area contributed by atoms with Crippen molar-refractivity contribution in [1.29, 1.82) is 5.26 Å². The van der Waals surface area contributed by atoms with Gasteiger partial charge in [0.1, 0.15) is 42.8 Å². The summed E-state index contributed by atoms with van der Waals surface area (Å²) in [5, 5.41) is 52.9. The third kappa shape index (κ3) is 3.62. The summed E-state index contributed by atoms with van der Waals surface area (Å²) in [5.74, 6) is 0.149. The summed E-state index contributed by atoms with van der Waals surface area (Å²) in [4.78, 5) is 17.0. The van der Waals surface area contributed by atoms with Gasteiger partial charge in [-0.3, -0.25) is 0 Å². The molecule has 0 saturated carbocycles. The number of anilines is 1. The molecule has 0 bridgehead atoms. The molecule has 13 heteroatoms. The zero-order chi connectivity index (χ0) is 21.9. The second-order valence-electron chi connectivity index (χ2n) is 6.61. The van der Waals surface area contributed by atoms with Crippen molar-refractivity contribution in [3.05, 3.63) is 24.2 Å². The van der Waals surface area contributed by atoms with Crippen LogP contribution >= 0.6 is 0 Å². The number of nitrogens with zero attached hydrogens (tertiary/aromatic N) is 5. The van der Waals surface area contributed by atoms with Gasteiger partial charge in [0, 0.05) is 13.1 Å². The molecular weight excluding hydrogens is 400 g/mol. The van der Waals surface area contributed by atoms with Crippen molar-refractivity contribution in [2.75, 3.05) is 38.6 Å². The van der Waals surface area contributed by atoms with Gasteiger partial charge in [0.15, 0.2) is 5.82 Å². The number of hydrogen-bond donors (Lipinski definition) is 5. The average Bonchev–Trinajstić information content (AvgIpc) is 3.28. The number of amides is 1. The molecule has 0 spiro atoms. The van der Waals surface area contributed by atoms with Crippen molar-refractivity contribution in [2.45, 2.75) is 23.9 Å². The van der Waals surface area contributed by atoms with Crippen molar-refractivity contribution in [1.82, 2.24) is 19.5 Å². The summed E-state index contributed by atoms with van der Waals surface area (Å²) >= 11 is 0. The van der Waals surface area contributed by atoms with E-state index in [2.05, 4.69) is 10.1 Å². The highest BCUT2D eigenvalue weighted by Crippen LogP contribution is 2.40. The number of aliphatic hydroxyl groups is 4. The van der Waals surface area contributed by atoms with Crippen LogP contribution in [0.1, 0.15) is 5.69 Å².